The van der Waals surface area contributed by atoms with Gasteiger partial charge in [-0.1, -0.05) is 13.8 Å². The second kappa shape index (κ2) is 6.50. The van der Waals surface area contributed by atoms with Crippen molar-refractivity contribution in [2.45, 2.75) is 65.0 Å². The second-order valence-electron chi connectivity index (χ2n) is 4.86. The van der Waals surface area contributed by atoms with E-state index in [1.54, 1.807) is 6.92 Å². The van der Waals surface area contributed by atoms with Crippen LogP contribution in [0.3, 0.4) is 0 Å². The first-order valence-electron chi connectivity index (χ1n) is 6.65. The van der Waals surface area contributed by atoms with Crippen LogP contribution in [0.4, 0.5) is 0 Å². The molecule has 5 heteroatoms. The summed E-state index contributed by atoms with van der Waals surface area (Å²) < 4.78 is 1.99. The number of aryl methyl sites for hydroxylation is 3. The summed E-state index contributed by atoms with van der Waals surface area (Å²) in [6, 6.07) is 2.12. The minimum absolute atomic E-state index is 0.704. The van der Waals surface area contributed by atoms with Crippen LogP contribution in [0.2, 0.25) is 0 Å². The Morgan fingerprint density at radius 1 is 1.33 bits per heavy atom. The van der Waals surface area contributed by atoms with Gasteiger partial charge in [-0.2, -0.15) is 10.4 Å². The molecule has 0 bridgehead atoms. The van der Waals surface area contributed by atoms with Crippen LogP contribution < -0.4 is 5.73 Å². The van der Waals surface area contributed by atoms with Gasteiger partial charge in [0.05, 0.1) is 6.07 Å². The molecule has 0 aliphatic rings. The summed E-state index contributed by atoms with van der Waals surface area (Å²) in [5.41, 5.74) is 5.08. The molecule has 1 atom stereocenters. The molecule has 0 aromatic carbocycles. The summed E-state index contributed by atoms with van der Waals surface area (Å²) in [6.45, 7) is 6.78. The molecular weight excluding hydrogens is 226 g/mol. The van der Waals surface area contributed by atoms with Crippen LogP contribution in [-0.4, -0.2) is 20.3 Å². The molecule has 0 saturated heterocycles. The van der Waals surface area contributed by atoms with Crippen LogP contribution in [0, 0.1) is 11.3 Å². The Morgan fingerprint density at radius 2 is 2.06 bits per heavy atom. The molecule has 0 fully saturated rings. The Labute approximate surface area is 109 Å². The van der Waals surface area contributed by atoms with E-state index in [1.165, 1.54) is 0 Å². The van der Waals surface area contributed by atoms with Gasteiger partial charge in [0.15, 0.2) is 5.82 Å². The van der Waals surface area contributed by atoms with Crippen molar-refractivity contribution in [1.82, 2.24) is 14.8 Å². The van der Waals surface area contributed by atoms with Gasteiger partial charge >= 0.3 is 0 Å². The highest BCUT2D eigenvalue weighted by molar-refractivity contribution is 5.00. The largest absolute Gasteiger partial charge is 0.314 e. The van der Waals surface area contributed by atoms with Crippen molar-refractivity contribution in [1.29, 1.82) is 5.26 Å². The molecule has 100 valence electrons. The minimum Gasteiger partial charge on any atom is -0.314 e. The van der Waals surface area contributed by atoms with E-state index in [0.717, 1.165) is 50.3 Å². The number of rotatable bonds is 7. The molecule has 0 spiro atoms. The summed E-state index contributed by atoms with van der Waals surface area (Å²) >= 11 is 0. The van der Waals surface area contributed by atoms with Crippen molar-refractivity contribution in [3.63, 3.8) is 0 Å². The highest BCUT2D eigenvalue weighted by Gasteiger charge is 2.16. The normalized spacial score (nSPS) is 14.2. The molecule has 0 aliphatic heterocycles. The van der Waals surface area contributed by atoms with Gasteiger partial charge in [-0.3, -0.25) is 0 Å². The van der Waals surface area contributed by atoms with Gasteiger partial charge in [-0.25, -0.2) is 9.67 Å². The fourth-order valence-corrected chi connectivity index (χ4v) is 1.83. The van der Waals surface area contributed by atoms with Gasteiger partial charge in [0.2, 0.25) is 0 Å². The predicted molar refractivity (Wildman–Crippen MR) is 70.8 cm³/mol. The van der Waals surface area contributed by atoms with Crippen LogP contribution in [-0.2, 0) is 19.4 Å². The third-order valence-electron chi connectivity index (χ3n) is 3.00. The maximum absolute atomic E-state index is 8.83. The lowest BCUT2D eigenvalue weighted by molar-refractivity contribution is 0.467. The Kier molecular flexibility index (Phi) is 5.29. The maximum Gasteiger partial charge on any atom is 0.150 e. The first-order chi connectivity index (χ1) is 8.52. The van der Waals surface area contributed by atoms with E-state index in [2.05, 4.69) is 30.0 Å². The van der Waals surface area contributed by atoms with Gasteiger partial charge in [0, 0.05) is 19.4 Å². The van der Waals surface area contributed by atoms with Crippen molar-refractivity contribution in [2.24, 2.45) is 5.73 Å². The number of nitrogens with two attached hydrogens (primary N) is 1. The van der Waals surface area contributed by atoms with Crippen molar-refractivity contribution in [2.75, 3.05) is 0 Å². The lowest BCUT2D eigenvalue weighted by Crippen LogP contribution is -2.33. The smallest absolute Gasteiger partial charge is 0.150 e. The molecule has 1 unspecified atom stereocenters. The number of unbranched alkanes of at least 4 members (excludes halogenated alkanes) is 1. The molecule has 0 saturated carbocycles. The number of nitriles is 1. The van der Waals surface area contributed by atoms with Crippen molar-refractivity contribution in [3.05, 3.63) is 11.6 Å². The molecule has 18 heavy (non-hydrogen) atoms. The van der Waals surface area contributed by atoms with Gasteiger partial charge in [0.25, 0.3) is 0 Å². The van der Waals surface area contributed by atoms with Crippen LogP contribution in [0.5, 0.6) is 0 Å². The van der Waals surface area contributed by atoms with Crippen molar-refractivity contribution in [3.8, 4) is 6.07 Å². The third kappa shape index (κ3) is 4.11. The van der Waals surface area contributed by atoms with E-state index in [0.29, 0.717) is 0 Å². The molecule has 0 aliphatic carbocycles. The summed E-state index contributed by atoms with van der Waals surface area (Å²) in [7, 11) is 0. The molecule has 2 N–H and O–H groups in total. The number of hydrogen-bond acceptors (Lipinski definition) is 4. The van der Waals surface area contributed by atoms with Crippen LogP contribution >= 0.6 is 0 Å². The minimum atomic E-state index is -0.704. The fourth-order valence-electron chi connectivity index (χ4n) is 1.83. The SMILES string of the molecule is CCc1nc(CC)n(CCCCC(C)(N)C#N)n1. The summed E-state index contributed by atoms with van der Waals surface area (Å²) in [5.74, 6) is 1.95. The van der Waals surface area contributed by atoms with E-state index in [4.69, 9.17) is 11.0 Å². The molecule has 1 heterocycles. The first-order valence-corrected chi connectivity index (χ1v) is 6.65. The second-order valence-corrected chi connectivity index (χ2v) is 4.86. The molecule has 0 amide bonds. The molecule has 1 aromatic heterocycles. The molecule has 5 nitrogen and oxygen atoms in total. The van der Waals surface area contributed by atoms with Gasteiger partial charge in [-0.05, 0) is 26.2 Å². The number of aromatic nitrogens is 3. The third-order valence-corrected chi connectivity index (χ3v) is 3.00. The zero-order valence-electron chi connectivity index (χ0n) is 11.6. The maximum atomic E-state index is 8.83. The summed E-state index contributed by atoms with van der Waals surface area (Å²) in [5, 5.41) is 13.3. The van der Waals surface area contributed by atoms with Gasteiger partial charge in [-0.15, -0.1) is 0 Å². The monoisotopic (exact) mass is 249 g/mol. The predicted octanol–water partition coefficient (Wildman–Crippen LogP) is 1.81. The van der Waals surface area contributed by atoms with E-state index >= 15 is 0 Å². The Morgan fingerprint density at radius 3 is 2.61 bits per heavy atom. The average molecular weight is 249 g/mol. The number of hydrogen-bond donors (Lipinski definition) is 1. The Bertz CT molecular complexity index is 414. The zero-order valence-corrected chi connectivity index (χ0v) is 11.6. The number of nitrogens with zero attached hydrogens (tertiary/aromatic N) is 4. The van der Waals surface area contributed by atoms with E-state index in [1.807, 2.05) is 4.68 Å². The Balaban J connectivity index is 2.44. The van der Waals surface area contributed by atoms with Crippen molar-refractivity contribution >= 4 is 0 Å². The van der Waals surface area contributed by atoms with E-state index < -0.39 is 5.54 Å². The van der Waals surface area contributed by atoms with Crippen LogP contribution in [0.25, 0.3) is 0 Å². The highest BCUT2D eigenvalue weighted by atomic mass is 15.3. The zero-order chi connectivity index (χ0) is 13.6. The standard InChI is InChI=1S/C13H23N5/c1-4-11-16-12(5-2)18(17-11)9-7-6-8-13(3,15)10-14/h4-9,15H2,1-3H3. The van der Waals surface area contributed by atoms with Crippen LogP contribution in [0.15, 0.2) is 0 Å². The van der Waals surface area contributed by atoms with Crippen LogP contribution in [0.1, 0.15) is 51.7 Å². The lowest BCUT2D eigenvalue weighted by Gasteiger charge is -2.14. The molecule has 0 radical (unpaired) electrons. The topological polar surface area (TPSA) is 80.5 Å². The molecular formula is C13H23N5. The average Bonchev–Trinajstić information content (AvgIpc) is 2.77. The van der Waals surface area contributed by atoms with E-state index in [-0.39, 0.29) is 0 Å². The fraction of sp³-hybridized carbons (Fsp3) is 0.769. The van der Waals surface area contributed by atoms with Gasteiger partial charge < -0.3 is 5.73 Å². The summed E-state index contributed by atoms with van der Waals surface area (Å²) in [6.07, 6.45) is 4.41. The molecule has 1 aromatic rings. The van der Waals surface area contributed by atoms with Crippen molar-refractivity contribution < 1.29 is 0 Å². The quantitative estimate of drug-likeness (QED) is 0.747. The Hall–Kier alpha value is -1.41. The van der Waals surface area contributed by atoms with Gasteiger partial charge in [0.1, 0.15) is 11.4 Å². The first kappa shape index (κ1) is 14.7. The van der Waals surface area contributed by atoms with E-state index in [9.17, 15) is 0 Å². The summed E-state index contributed by atoms with van der Waals surface area (Å²) in [4.78, 5) is 4.47. The lowest BCUT2D eigenvalue weighted by atomic mass is 9.98. The molecule has 1 rings (SSSR count). The highest BCUT2D eigenvalue weighted by Crippen LogP contribution is 2.11.